The van der Waals surface area contributed by atoms with Gasteiger partial charge < -0.3 is 4.98 Å². The fraction of sp³-hybridized carbons (Fsp3) is 0.750. The van der Waals surface area contributed by atoms with Gasteiger partial charge in [0.05, 0.1) is 0 Å². The zero-order chi connectivity index (χ0) is 8.04. The van der Waals surface area contributed by atoms with Gasteiger partial charge in [0.15, 0.2) is 0 Å². The van der Waals surface area contributed by atoms with Crippen LogP contribution in [0.4, 0.5) is 0 Å². The maximum Gasteiger partial charge on any atom is 0.149 e. The third kappa shape index (κ3) is 2.27. The lowest BCUT2D eigenvalue weighted by Gasteiger charge is -2.24. The second-order valence-corrected chi connectivity index (χ2v) is 7.14. The maximum atomic E-state index is 3.89. The van der Waals surface area contributed by atoms with E-state index in [1.54, 1.807) is 0 Å². The summed E-state index contributed by atoms with van der Waals surface area (Å²) in [6, 6.07) is 2.59. The van der Waals surface area contributed by atoms with Crippen molar-refractivity contribution in [3.63, 3.8) is 0 Å². The molecule has 10 heavy (non-hydrogen) atoms. The zero-order valence-electron chi connectivity index (χ0n) is 7.41. The van der Waals surface area contributed by atoms with E-state index in [1.165, 1.54) is 18.5 Å². The first-order chi connectivity index (χ1) is 4.74. The van der Waals surface area contributed by atoms with Crippen LogP contribution in [0.15, 0.2) is 12.3 Å². The normalized spacial score (nSPS) is 16.3. The maximum absolute atomic E-state index is 3.89. The molecule has 0 aromatic rings. The molecule has 0 amide bonds. The fourth-order valence-electron chi connectivity index (χ4n) is 1.27. The van der Waals surface area contributed by atoms with Gasteiger partial charge in [0, 0.05) is 0 Å². The van der Waals surface area contributed by atoms with Crippen LogP contribution in [0.1, 0.15) is 20.3 Å². The molecule has 0 saturated carbocycles. The van der Waals surface area contributed by atoms with Crippen molar-refractivity contribution in [3.05, 3.63) is 12.3 Å². The van der Waals surface area contributed by atoms with Gasteiger partial charge in [0.25, 0.3) is 0 Å². The molecule has 0 radical (unpaired) electrons. The number of nitrogens with one attached hydrogen (secondary N) is 1. The predicted molar refractivity (Wildman–Crippen MR) is 50.6 cm³/mol. The topological polar surface area (TPSA) is 12.0 Å². The van der Waals surface area contributed by atoms with Gasteiger partial charge in [-0.25, -0.2) is 0 Å². The van der Waals surface area contributed by atoms with Crippen LogP contribution in [-0.2, 0) is 0 Å². The van der Waals surface area contributed by atoms with E-state index in [0.29, 0.717) is 0 Å². The van der Waals surface area contributed by atoms with Crippen molar-refractivity contribution in [2.45, 2.75) is 32.4 Å². The van der Waals surface area contributed by atoms with E-state index in [1.807, 2.05) is 0 Å². The van der Waals surface area contributed by atoms with Gasteiger partial charge in [-0.1, -0.05) is 26.0 Å². The lowest BCUT2D eigenvalue weighted by molar-refractivity contribution is 0.982. The SMILES string of the molecule is C=C[Si](CC)(CCC)NC. The highest BCUT2D eigenvalue weighted by Gasteiger charge is 2.23. The quantitative estimate of drug-likeness (QED) is 0.604. The second-order valence-electron chi connectivity index (χ2n) is 2.71. The highest BCUT2D eigenvalue weighted by molar-refractivity contribution is 6.82. The molecule has 2 heteroatoms. The van der Waals surface area contributed by atoms with Gasteiger partial charge in [0.2, 0.25) is 0 Å². The molecule has 0 aromatic heterocycles. The van der Waals surface area contributed by atoms with Crippen LogP contribution < -0.4 is 4.98 Å². The molecule has 0 rings (SSSR count). The number of hydrogen-bond acceptors (Lipinski definition) is 1. The summed E-state index contributed by atoms with van der Waals surface area (Å²) >= 11 is 0. The van der Waals surface area contributed by atoms with Crippen LogP contribution in [0.5, 0.6) is 0 Å². The third-order valence-corrected chi connectivity index (χ3v) is 6.65. The van der Waals surface area contributed by atoms with Crippen LogP contribution in [0.2, 0.25) is 12.1 Å². The van der Waals surface area contributed by atoms with Crippen molar-refractivity contribution in [2.75, 3.05) is 7.05 Å². The smallest absolute Gasteiger partial charge is 0.149 e. The van der Waals surface area contributed by atoms with Gasteiger partial charge in [0.1, 0.15) is 8.24 Å². The van der Waals surface area contributed by atoms with Crippen LogP contribution in [0, 0.1) is 0 Å². The minimum Gasteiger partial charge on any atom is -0.337 e. The van der Waals surface area contributed by atoms with E-state index in [4.69, 9.17) is 0 Å². The Labute approximate surface area is 65.6 Å². The molecule has 0 aliphatic heterocycles. The van der Waals surface area contributed by atoms with E-state index in [-0.39, 0.29) is 0 Å². The summed E-state index contributed by atoms with van der Waals surface area (Å²) in [7, 11) is 0.859. The molecule has 60 valence electrons. The zero-order valence-corrected chi connectivity index (χ0v) is 8.41. The van der Waals surface area contributed by atoms with Crippen LogP contribution in [-0.4, -0.2) is 15.3 Å². The lowest BCUT2D eigenvalue weighted by atomic mass is 10.6. The van der Waals surface area contributed by atoms with E-state index < -0.39 is 8.24 Å². The summed E-state index contributed by atoms with van der Waals surface area (Å²) < 4.78 is 0. The Morgan fingerprint density at radius 2 is 2.10 bits per heavy atom. The van der Waals surface area contributed by atoms with Crippen molar-refractivity contribution in [1.82, 2.24) is 4.98 Å². The van der Waals surface area contributed by atoms with Gasteiger partial charge in [-0.15, -0.1) is 6.58 Å². The molecule has 0 fully saturated rings. The molecule has 1 atom stereocenters. The van der Waals surface area contributed by atoms with Gasteiger partial charge in [-0.05, 0) is 19.1 Å². The Kier molecular flexibility index (Phi) is 4.65. The standard InChI is InChI=1S/C8H19NSi/c1-5-8-10(6-2,7-3)9-4/h6,9H,2,5,7-8H2,1,3-4H3. The summed E-state index contributed by atoms with van der Waals surface area (Å²) in [6.07, 6.45) is 1.27. The van der Waals surface area contributed by atoms with E-state index >= 15 is 0 Å². The molecule has 1 unspecified atom stereocenters. The van der Waals surface area contributed by atoms with Crippen LogP contribution in [0.3, 0.4) is 0 Å². The highest BCUT2D eigenvalue weighted by Crippen LogP contribution is 2.13. The second kappa shape index (κ2) is 4.69. The lowest BCUT2D eigenvalue weighted by Crippen LogP contribution is -2.45. The molecule has 1 nitrogen and oxygen atoms in total. The van der Waals surface area contributed by atoms with Gasteiger partial charge >= 0.3 is 0 Å². The first-order valence-corrected chi connectivity index (χ1v) is 6.56. The summed E-state index contributed by atoms with van der Waals surface area (Å²) in [4.78, 5) is 3.44. The molecule has 0 heterocycles. The molecule has 0 aliphatic carbocycles. The van der Waals surface area contributed by atoms with Gasteiger partial charge in [-0.3, -0.25) is 0 Å². The van der Waals surface area contributed by atoms with Crippen molar-refractivity contribution in [1.29, 1.82) is 0 Å². The third-order valence-electron chi connectivity index (χ3n) is 2.22. The summed E-state index contributed by atoms with van der Waals surface area (Å²) in [5, 5.41) is 0. The summed E-state index contributed by atoms with van der Waals surface area (Å²) in [5.74, 6) is 0. The van der Waals surface area contributed by atoms with Gasteiger partial charge in [-0.2, -0.15) is 0 Å². The van der Waals surface area contributed by atoms with Crippen molar-refractivity contribution in [2.24, 2.45) is 0 Å². The average Bonchev–Trinajstić information content (AvgIpc) is 2.01. The van der Waals surface area contributed by atoms with E-state index in [2.05, 4.69) is 38.2 Å². The van der Waals surface area contributed by atoms with E-state index in [9.17, 15) is 0 Å². The summed E-state index contributed by atoms with van der Waals surface area (Å²) in [5.41, 5.74) is 2.16. The Hall–Kier alpha value is -0.0831. The number of rotatable bonds is 5. The molecular formula is C8H19NSi. The molecule has 0 spiro atoms. The monoisotopic (exact) mass is 157 g/mol. The minimum absolute atomic E-state index is 1.20. The number of hydrogen-bond donors (Lipinski definition) is 1. The molecule has 0 aliphatic rings. The fourth-order valence-corrected chi connectivity index (χ4v) is 3.82. The highest BCUT2D eigenvalue weighted by atomic mass is 28.3. The first-order valence-electron chi connectivity index (χ1n) is 4.07. The average molecular weight is 157 g/mol. The minimum atomic E-state index is -1.20. The van der Waals surface area contributed by atoms with Crippen LogP contribution >= 0.6 is 0 Å². The molecular weight excluding hydrogens is 138 g/mol. The Balaban J connectivity index is 4.00. The molecule has 0 aromatic carbocycles. The molecule has 1 N–H and O–H groups in total. The Morgan fingerprint density at radius 3 is 2.20 bits per heavy atom. The van der Waals surface area contributed by atoms with Crippen molar-refractivity contribution < 1.29 is 0 Å². The first kappa shape index (κ1) is 9.92. The van der Waals surface area contributed by atoms with Crippen LogP contribution in [0.25, 0.3) is 0 Å². The Bertz CT molecular complexity index is 97.4. The Morgan fingerprint density at radius 1 is 1.50 bits per heavy atom. The largest absolute Gasteiger partial charge is 0.337 e. The summed E-state index contributed by atoms with van der Waals surface area (Å²) in [6.45, 7) is 8.38. The van der Waals surface area contributed by atoms with E-state index in [0.717, 1.165) is 0 Å². The molecule has 0 saturated heterocycles. The molecule has 0 bridgehead atoms. The van der Waals surface area contributed by atoms with Crippen molar-refractivity contribution in [3.8, 4) is 0 Å². The van der Waals surface area contributed by atoms with Crippen molar-refractivity contribution >= 4 is 8.24 Å². The predicted octanol–water partition coefficient (Wildman–Crippen LogP) is 2.31.